The molecule has 1 aliphatic rings. The first kappa shape index (κ1) is 15.8. The van der Waals surface area contributed by atoms with Gasteiger partial charge in [0.05, 0.1) is 13.0 Å². The molecular formula is C17H26N2O2. The number of piperidine rings is 1. The van der Waals surface area contributed by atoms with Crippen LogP contribution in [0.25, 0.3) is 0 Å². The van der Waals surface area contributed by atoms with E-state index in [0.717, 1.165) is 38.2 Å². The summed E-state index contributed by atoms with van der Waals surface area (Å²) in [7, 11) is 0. The molecule has 0 aliphatic carbocycles. The van der Waals surface area contributed by atoms with Gasteiger partial charge in [-0.1, -0.05) is 12.1 Å². The van der Waals surface area contributed by atoms with E-state index in [4.69, 9.17) is 4.74 Å². The van der Waals surface area contributed by atoms with Crippen LogP contribution in [-0.4, -0.2) is 43.1 Å². The van der Waals surface area contributed by atoms with Gasteiger partial charge in [-0.3, -0.25) is 4.79 Å². The molecule has 1 fully saturated rings. The third kappa shape index (κ3) is 4.74. The number of hydrogen-bond donors (Lipinski definition) is 1. The largest absolute Gasteiger partial charge is 0.493 e. The Morgan fingerprint density at radius 2 is 2.14 bits per heavy atom. The van der Waals surface area contributed by atoms with Crippen molar-refractivity contribution in [3.63, 3.8) is 0 Å². The van der Waals surface area contributed by atoms with E-state index in [9.17, 15) is 4.79 Å². The van der Waals surface area contributed by atoms with Crippen LogP contribution >= 0.6 is 0 Å². The molecule has 1 aromatic carbocycles. The zero-order chi connectivity index (χ0) is 15.1. The average Bonchev–Trinajstić information content (AvgIpc) is 2.49. The molecule has 0 spiro atoms. The number of nitrogens with one attached hydrogen (secondary N) is 1. The van der Waals surface area contributed by atoms with E-state index in [-0.39, 0.29) is 5.91 Å². The first-order valence-corrected chi connectivity index (χ1v) is 7.90. The van der Waals surface area contributed by atoms with Gasteiger partial charge in [-0.25, -0.2) is 0 Å². The summed E-state index contributed by atoms with van der Waals surface area (Å²) in [6.45, 7) is 7.34. The van der Waals surface area contributed by atoms with Crippen LogP contribution in [0, 0.1) is 6.92 Å². The Kier molecular flexibility index (Phi) is 6.05. The number of aryl methyl sites for hydroxylation is 1. The second-order valence-electron chi connectivity index (χ2n) is 5.58. The minimum Gasteiger partial charge on any atom is -0.493 e. The average molecular weight is 290 g/mol. The van der Waals surface area contributed by atoms with Crippen LogP contribution in [0.2, 0.25) is 0 Å². The maximum absolute atomic E-state index is 12.4. The number of amides is 1. The Hall–Kier alpha value is -1.55. The summed E-state index contributed by atoms with van der Waals surface area (Å²) in [5.74, 6) is 1.05. The van der Waals surface area contributed by atoms with E-state index in [1.165, 1.54) is 5.56 Å². The van der Waals surface area contributed by atoms with Crippen molar-refractivity contribution in [1.29, 1.82) is 0 Å². The number of hydrogen-bond acceptors (Lipinski definition) is 3. The minimum absolute atomic E-state index is 0.206. The topological polar surface area (TPSA) is 41.6 Å². The summed E-state index contributed by atoms with van der Waals surface area (Å²) < 4.78 is 5.68. The highest BCUT2D eigenvalue weighted by Crippen LogP contribution is 2.15. The second kappa shape index (κ2) is 8.03. The van der Waals surface area contributed by atoms with Crippen molar-refractivity contribution in [2.45, 2.75) is 39.2 Å². The fourth-order valence-electron chi connectivity index (χ4n) is 2.86. The number of benzene rings is 1. The number of nitrogens with zero attached hydrogens (tertiary/aromatic N) is 1. The highest BCUT2D eigenvalue weighted by Gasteiger charge is 2.23. The zero-order valence-electron chi connectivity index (χ0n) is 13.1. The smallest absolute Gasteiger partial charge is 0.226 e. The van der Waals surface area contributed by atoms with E-state index >= 15 is 0 Å². The molecule has 0 aromatic heterocycles. The minimum atomic E-state index is 0.206. The summed E-state index contributed by atoms with van der Waals surface area (Å²) in [5.41, 5.74) is 1.17. The standard InChI is InChI=1S/C17H26N2O2/c1-3-19(15-7-10-18-11-8-15)17(20)9-12-21-16-6-4-5-14(2)13-16/h4-6,13,15,18H,3,7-12H2,1-2H3. The van der Waals surface area contributed by atoms with Crippen molar-refractivity contribution in [1.82, 2.24) is 10.2 Å². The molecule has 0 saturated carbocycles. The van der Waals surface area contributed by atoms with Crippen LogP contribution in [-0.2, 0) is 4.79 Å². The zero-order valence-corrected chi connectivity index (χ0v) is 13.1. The van der Waals surface area contributed by atoms with Crippen LogP contribution in [0.3, 0.4) is 0 Å². The molecule has 1 saturated heterocycles. The first-order chi connectivity index (χ1) is 10.2. The van der Waals surface area contributed by atoms with E-state index in [0.29, 0.717) is 19.1 Å². The van der Waals surface area contributed by atoms with Crippen LogP contribution in [0.15, 0.2) is 24.3 Å². The molecule has 0 atom stereocenters. The summed E-state index contributed by atoms with van der Waals surface area (Å²) in [6, 6.07) is 8.33. The van der Waals surface area contributed by atoms with Gasteiger partial charge in [0.25, 0.3) is 0 Å². The van der Waals surface area contributed by atoms with Gasteiger partial charge in [0.15, 0.2) is 0 Å². The van der Waals surface area contributed by atoms with Crippen molar-refractivity contribution in [3.05, 3.63) is 29.8 Å². The van der Waals surface area contributed by atoms with E-state index in [2.05, 4.69) is 12.2 Å². The van der Waals surface area contributed by atoms with Crippen LogP contribution in [0.5, 0.6) is 5.75 Å². The Morgan fingerprint density at radius 3 is 2.81 bits per heavy atom. The molecule has 4 nitrogen and oxygen atoms in total. The number of carbonyl (C=O) groups excluding carboxylic acids is 1. The van der Waals surface area contributed by atoms with Gasteiger partial charge in [0.1, 0.15) is 5.75 Å². The molecule has 2 rings (SSSR count). The van der Waals surface area contributed by atoms with Crippen molar-refractivity contribution in [3.8, 4) is 5.75 Å². The van der Waals surface area contributed by atoms with E-state index in [1.807, 2.05) is 36.1 Å². The molecule has 21 heavy (non-hydrogen) atoms. The molecule has 1 amide bonds. The molecule has 1 aromatic rings. The fraction of sp³-hybridized carbons (Fsp3) is 0.588. The Bertz CT molecular complexity index is 456. The van der Waals surface area contributed by atoms with Gasteiger partial charge >= 0.3 is 0 Å². The molecular weight excluding hydrogens is 264 g/mol. The Morgan fingerprint density at radius 1 is 1.38 bits per heavy atom. The third-order valence-corrected chi connectivity index (χ3v) is 3.98. The van der Waals surface area contributed by atoms with Gasteiger partial charge in [-0.05, 0) is 57.5 Å². The predicted octanol–water partition coefficient (Wildman–Crippen LogP) is 2.36. The predicted molar refractivity (Wildman–Crippen MR) is 84.6 cm³/mol. The van der Waals surface area contributed by atoms with Crippen LogP contribution in [0.4, 0.5) is 0 Å². The maximum atomic E-state index is 12.4. The lowest BCUT2D eigenvalue weighted by Crippen LogP contribution is -2.46. The summed E-state index contributed by atoms with van der Waals surface area (Å²) in [6.07, 6.45) is 2.56. The molecule has 116 valence electrons. The van der Waals surface area contributed by atoms with Gasteiger partial charge in [0.2, 0.25) is 5.91 Å². The molecule has 1 aliphatic heterocycles. The third-order valence-electron chi connectivity index (χ3n) is 3.98. The van der Waals surface area contributed by atoms with Crippen LogP contribution < -0.4 is 10.1 Å². The monoisotopic (exact) mass is 290 g/mol. The molecule has 0 radical (unpaired) electrons. The van der Waals surface area contributed by atoms with Gasteiger partial charge in [-0.2, -0.15) is 0 Å². The maximum Gasteiger partial charge on any atom is 0.226 e. The van der Waals surface area contributed by atoms with Gasteiger partial charge in [0, 0.05) is 12.6 Å². The van der Waals surface area contributed by atoms with Gasteiger partial charge in [-0.15, -0.1) is 0 Å². The van der Waals surface area contributed by atoms with Crippen molar-refractivity contribution in [2.24, 2.45) is 0 Å². The van der Waals surface area contributed by atoms with Crippen molar-refractivity contribution >= 4 is 5.91 Å². The highest BCUT2D eigenvalue weighted by atomic mass is 16.5. The summed E-state index contributed by atoms with van der Waals surface area (Å²) >= 11 is 0. The Balaban J connectivity index is 1.79. The van der Waals surface area contributed by atoms with Gasteiger partial charge < -0.3 is 15.0 Å². The van der Waals surface area contributed by atoms with Crippen molar-refractivity contribution < 1.29 is 9.53 Å². The van der Waals surface area contributed by atoms with E-state index < -0.39 is 0 Å². The molecule has 0 bridgehead atoms. The SMILES string of the molecule is CCN(C(=O)CCOc1cccc(C)c1)C1CCNCC1. The summed E-state index contributed by atoms with van der Waals surface area (Å²) in [4.78, 5) is 14.4. The Labute approximate surface area is 127 Å². The molecule has 1 N–H and O–H groups in total. The molecule has 0 unspecified atom stereocenters. The molecule has 1 heterocycles. The highest BCUT2D eigenvalue weighted by molar-refractivity contribution is 5.76. The lowest BCUT2D eigenvalue weighted by Gasteiger charge is -2.34. The number of carbonyl (C=O) groups is 1. The van der Waals surface area contributed by atoms with E-state index in [1.54, 1.807) is 0 Å². The first-order valence-electron chi connectivity index (χ1n) is 7.90. The van der Waals surface area contributed by atoms with Crippen LogP contribution in [0.1, 0.15) is 31.7 Å². The van der Waals surface area contributed by atoms with Crippen molar-refractivity contribution in [2.75, 3.05) is 26.2 Å². The quantitative estimate of drug-likeness (QED) is 0.874. The normalized spacial score (nSPS) is 15.7. The number of rotatable bonds is 6. The summed E-state index contributed by atoms with van der Waals surface area (Å²) in [5, 5.41) is 3.34. The number of ether oxygens (including phenoxy) is 1. The fourth-order valence-corrected chi connectivity index (χ4v) is 2.86. The molecule has 4 heteroatoms. The lowest BCUT2D eigenvalue weighted by molar-refractivity contribution is -0.134. The second-order valence-corrected chi connectivity index (χ2v) is 5.58. The lowest BCUT2D eigenvalue weighted by atomic mass is 10.0.